The number of hydrogen-bond donors (Lipinski definition) is 2. The van der Waals surface area contributed by atoms with Gasteiger partial charge in [0.25, 0.3) is 0 Å². The number of aromatic hydroxyl groups is 1. The molecular formula is C14H12N2O2. The van der Waals surface area contributed by atoms with Crippen LogP contribution in [0.1, 0.15) is 12.0 Å². The molecule has 4 nitrogen and oxygen atoms in total. The van der Waals surface area contributed by atoms with Gasteiger partial charge in [0.1, 0.15) is 5.75 Å². The summed E-state index contributed by atoms with van der Waals surface area (Å²) in [5.74, 6) is 0.216. The van der Waals surface area contributed by atoms with Crippen LogP contribution in [0.25, 0.3) is 11.1 Å². The van der Waals surface area contributed by atoms with Crippen molar-refractivity contribution in [3.8, 4) is 16.9 Å². The molecule has 0 bridgehead atoms. The van der Waals surface area contributed by atoms with Crippen LogP contribution in [-0.4, -0.2) is 16.0 Å². The van der Waals surface area contributed by atoms with Crippen molar-refractivity contribution in [2.24, 2.45) is 0 Å². The van der Waals surface area contributed by atoms with Gasteiger partial charge in [-0.05, 0) is 35.7 Å². The fraction of sp³-hybridized carbons (Fsp3) is 0.143. The Kier molecular flexibility index (Phi) is 2.48. The number of fused-ring (bicyclic) bond motifs is 1. The highest BCUT2D eigenvalue weighted by Gasteiger charge is 2.15. The molecule has 0 saturated carbocycles. The highest BCUT2D eigenvalue weighted by atomic mass is 16.3. The van der Waals surface area contributed by atoms with Gasteiger partial charge in [0.2, 0.25) is 5.91 Å². The number of nitrogens with one attached hydrogen (secondary N) is 1. The summed E-state index contributed by atoms with van der Waals surface area (Å²) in [6.45, 7) is 0. The molecule has 0 unspecified atom stereocenters. The first-order valence-corrected chi connectivity index (χ1v) is 5.79. The summed E-state index contributed by atoms with van der Waals surface area (Å²) >= 11 is 0. The summed E-state index contributed by atoms with van der Waals surface area (Å²) in [7, 11) is 0. The van der Waals surface area contributed by atoms with Crippen molar-refractivity contribution >= 4 is 11.6 Å². The van der Waals surface area contributed by atoms with Gasteiger partial charge in [-0.2, -0.15) is 0 Å². The van der Waals surface area contributed by atoms with E-state index in [-0.39, 0.29) is 11.7 Å². The van der Waals surface area contributed by atoms with Crippen LogP contribution in [0.3, 0.4) is 0 Å². The quantitative estimate of drug-likeness (QED) is 0.804. The van der Waals surface area contributed by atoms with E-state index < -0.39 is 0 Å². The number of carbonyl (C=O) groups excluding carboxylic acids is 1. The Morgan fingerprint density at radius 2 is 2.00 bits per heavy atom. The van der Waals surface area contributed by atoms with Gasteiger partial charge in [0, 0.05) is 23.9 Å². The highest BCUT2D eigenvalue weighted by molar-refractivity contribution is 5.94. The smallest absolute Gasteiger partial charge is 0.224 e. The minimum absolute atomic E-state index is 0.0641. The Morgan fingerprint density at radius 3 is 2.83 bits per heavy atom. The number of anilines is 1. The predicted molar refractivity (Wildman–Crippen MR) is 68.3 cm³/mol. The Labute approximate surface area is 104 Å². The molecule has 4 heteroatoms. The van der Waals surface area contributed by atoms with Gasteiger partial charge in [-0.15, -0.1) is 0 Å². The predicted octanol–water partition coefficient (Wildman–Crippen LogP) is 2.34. The average Bonchev–Trinajstić information content (AvgIpc) is 2.38. The number of aryl methyl sites for hydroxylation is 1. The Balaban J connectivity index is 2.02. The lowest BCUT2D eigenvalue weighted by molar-refractivity contribution is -0.116. The summed E-state index contributed by atoms with van der Waals surface area (Å²) in [5.41, 5.74) is 3.86. The molecule has 0 saturated heterocycles. The van der Waals surface area contributed by atoms with Crippen LogP contribution in [-0.2, 0) is 11.2 Å². The van der Waals surface area contributed by atoms with E-state index >= 15 is 0 Å². The summed E-state index contributed by atoms with van der Waals surface area (Å²) < 4.78 is 0. The third-order valence-electron chi connectivity index (χ3n) is 3.06. The van der Waals surface area contributed by atoms with Gasteiger partial charge in [-0.1, -0.05) is 6.07 Å². The minimum Gasteiger partial charge on any atom is -0.506 e. The largest absolute Gasteiger partial charge is 0.506 e. The van der Waals surface area contributed by atoms with Crippen LogP contribution < -0.4 is 5.32 Å². The summed E-state index contributed by atoms with van der Waals surface area (Å²) in [6, 6.07) is 7.52. The van der Waals surface area contributed by atoms with Crippen molar-refractivity contribution in [3.63, 3.8) is 0 Å². The van der Waals surface area contributed by atoms with Crippen LogP contribution in [0.15, 0.2) is 36.7 Å². The van der Waals surface area contributed by atoms with Gasteiger partial charge in [0.05, 0.1) is 6.20 Å². The monoisotopic (exact) mass is 240 g/mol. The zero-order valence-corrected chi connectivity index (χ0v) is 9.68. The molecule has 1 aromatic carbocycles. The van der Waals surface area contributed by atoms with Crippen molar-refractivity contribution in [2.45, 2.75) is 12.8 Å². The zero-order valence-electron chi connectivity index (χ0n) is 9.68. The van der Waals surface area contributed by atoms with Crippen LogP contribution in [0, 0.1) is 0 Å². The molecule has 1 amide bonds. The Bertz CT molecular complexity index is 623. The average molecular weight is 240 g/mol. The first-order valence-electron chi connectivity index (χ1n) is 5.79. The highest BCUT2D eigenvalue weighted by Crippen LogP contribution is 2.29. The maximum Gasteiger partial charge on any atom is 0.224 e. The molecule has 2 aromatic rings. The van der Waals surface area contributed by atoms with Crippen LogP contribution in [0.4, 0.5) is 5.69 Å². The van der Waals surface area contributed by atoms with Crippen molar-refractivity contribution < 1.29 is 9.90 Å². The van der Waals surface area contributed by atoms with Gasteiger partial charge >= 0.3 is 0 Å². The number of nitrogens with zero attached hydrogens (tertiary/aromatic N) is 1. The van der Waals surface area contributed by atoms with Crippen LogP contribution in [0.2, 0.25) is 0 Å². The van der Waals surface area contributed by atoms with E-state index in [1.54, 1.807) is 12.3 Å². The molecule has 2 heterocycles. The lowest BCUT2D eigenvalue weighted by Crippen LogP contribution is -2.18. The molecule has 0 aliphatic carbocycles. The number of hydrogen-bond acceptors (Lipinski definition) is 3. The fourth-order valence-electron chi connectivity index (χ4n) is 2.15. The second-order valence-electron chi connectivity index (χ2n) is 4.35. The van der Waals surface area contributed by atoms with Gasteiger partial charge in [-0.3, -0.25) is 9.78 Å². The zero-order chi connectivity index (χ0) is 12.5. The topological polar surface area (TPSA) is 62.2 Å². The number of rotatable bonds is 1. The number of amides is 1. The standard InChI is InChI=1S/C14H12N2O2/c17-12-6-11(7-15-8-12)9-1-3-13-10(5-9)2-4-14(18)16-13/h1,3,5-8,17H,2,4H2,(H,16,18). The normalized spacial score (nSPS) is 13.9. The third kappa shape index (κ3) is 1.93. The van der Waals surface area contributed by atoms with E-state index in [9.17, 15) is 9.90 Å². The molecule has 0 fully saturated rings. The second-order valence-corrected chi connectivity index (χ2v) is 4.35. The van der Waals surface area contributed by atoms with Gasteiger partial charge in [0.15, 0.2) is 0 Å². The van der Waals surface area contributed by atoms with Crippen molar-refractivity contribution in [2.75, 3.05) is 5.32 Å². The van der Waals surface area contributed by atoms with Crippen molar-refractivity contribution in [1.29, 1.82) is 0 Å². The molecule has 1 aromatic heterocycles. The lowest BCUT2D eigenvalue weighted by Gasteiger charge is -2.17. The van der Waals surface area contributed by atoms with Gasteiger partial charge in [-0.25, -0.2) is 0 Å². The molecule has 90 valence electrons. The minimum atomic E-state index is 0.0641. The molecule has 2 N–H and O–H groups in total. The Morgan fingerprint density at radius 1 is 1.11 bits per heavy atom. The van der Waals surface area contributed by atoms with E-state index in [4.69, 9.17) is 0 Å². The summed E-state index contributed by atoms with van der Waals surface area (Å²) in [5, 5.41) is 12.3. The molecular weight excluding hydrogens is 228 g/mol. The first kappa shape index (κ1) is 10.8. The Hall–Kier alpha value is -2.36. The fourth-order valence-corrected chi connectivity index (χ4v) is 2.15. The van der Waals surface area contributed by atoms with Gasteiger partial charge < -0.3 is 10.4 Å². The molecule has 0 radical (unpaired) electrons. The first-order chi connectivity index (χ1) is 8.72. The molecule has 18 heavy (non-hydrogen) atoms. The maximum atomic E-state index is 11.3. The van der Waals surface area contributed by atoms with E-state index in [2.05, 4.69) is 10.3 Å². The molecule has 1 aliphatic rings. The molecule has 0 atom stereocenters. The van der Waals surface area contributed by atoms with E-state index in [1.165, 1.54) is 6.20 Å². The number of pyridine rings is 1. The van der Waals surface area contributed by atoms with E-state index in [0.29, 0.717) is 6.42 Å². The maximum absolute atomic E-state index is 11.3. The van der Waals surface area contributed by atoms with Crippen LogP contribution in [0.5, 0.6) is 5.75 Å². The molecule has 1 aliphatic heterocycles. The van der Waals surface area contributed by atoms with Crippen molar-refractivity contribution in [3.05, 3.63) is 42.2 Å². The summed E-state index contributed by atoms with van der Waals surface area (Å²) in [6.07, 6.45) is 4.39. The third-order valence-corrected chi connectivity index (χ3v) is 3.06. The van der Waals surface area contributed by atoms with E-state index in [0.717, 1.165) is 28.8 Å². The van der Waals surface area contributed by atoms with Crippen LogP contribution >= 0.6 is 0 Å². The number of benzene rings is 1. The molecule has 0 spiro atoms. The lowest BCUT2D eigenvalue weighted by atomic mass is 9.98. The summed E-state index contributed by atoms with van der Waals surface area (Å²) in [4.78, 5) is 15.2. The molecule has 3 rings (SSSR count). The van der Waals surface area contributed by atoms with E-state index in [1.807, 2.05) is 18.2 Å². The second kappa shape index (κ2) is 4.14. The van der Waals surface area contributed by atoms with Crippen molar-refractivity contribution in [1.82, 2.24) is 4.98 Å². The SMILES string of the molecule is O=C1CCc2cc(-c3cncc(O)c3)ccc2N1. The number of carbonyl (C=O) groups is 1. The number of aromatic nitrogens is 1.